The molecule has 0 saturated carbocycles. The maximum atomic E-state index is 13.6. The van der Waals surface area contributed by atoms with Crippen molar-refractivity contribution in [2.45, 2.75) is 40.0 Å². The molecule has 7 nitrogen and oxygen atoms in total. The van der Waals surface area contributed by atoms with Crippen LogP contribution in [0.5, 0.6) is 0 Å². The highest BCUT2D eigenvalue weighted by molar-refractivity contribution is 6.42. The predicted molar refractivity (Wildman–Crippen MR) is 143 cm³/mol. The zero-order chi connectivity index (χ0) is 27.5. The Morgan fingerprint density at radius 2 is 1.70 bits per heavy atom. The monoisotopic (exact) mass is 551 g/mol. The van der Waals surface area contributed by atoms with Gasteiger partial charge in [0.2, 0.25) is 5.91 Å². The van der Waals surface area contributed by atoms with Gasteiger partial charge in [0.15, 0.2) is 11.6 Å². The van der Waals surface area contributed by atoms with Gasteiger partial charge < -0.3 is 15.5 Å². The molecule has 0 saturated heterocycles. The fourth-order valence-electron chi connectivity index (χ4n) is 3.44. The zero-order valence-electron chi connectivity index (χ0n) is 21.2. The number of aromatic nitrogens is 2. The number of benzene rings is 2. The summed E-state index contributed by atoms with van der Waals surface area (Å²) in [6, 6.07) is 9.18. The third-order valence-electron chi connectivity index (χ3n) is 5.27. The summed E-state index contributed by atoms with van der Waals surface area (Å²) < 4.78 is 28.4. The second-order valence-corrected chi connectivity index (χ2v) is 10.9. The number of carbonyl (C=O) groups is 2. The Kier molecular flexibility index (Phi) is 8.81. The van der Waals surface area contributed by atoms with Crippen molar-refractivity contribution in [3.05, 3.63) is 69.8 Å². The number of urea groups is 1. The van der Waals surface area contributed by atoms with E-state index in [0.717, 1.165) is 17.8 Å². The largest absolute Gasteiger partial charge is 0.322 e. The summed E-state index contributed by atoms with van der Waals surface area (Å²) in [6.07, 6.45) is 0. The molecule has 2 N–H and O–H groups in total. The van der Waals surface area contributed by atoms with Crippen molar-refractivity contribution < 1.29 is 18.4 Å². The summed E-state index contributed by atoms with van der Waals surface area (Å²) in [5.41, 5.74) is 1.08. The van der Waals surface area contributed by atoms with E-state index in [0.29, 0.717) is 21.6 Å². The lowest BCUT2D eigenvalue weighted by atomic mass is 9.92. The van der Waals surface area contributed by atoms with Crippen molar-refractivity contribution in [2.24, 2.45) is 5.92 Å². The van der Waals surface area contributed by atoms with Crippen LogP contribution >= 0.6 is 23.2 Å². The molecule has 11 heteroatoms. The summed E-state index contributed by atoms with van der Waals surface area (Å²) in [5.74, 6) is -2.15. The Morgan fingerprint density at radius 1 is 1.00 bits per heavy atom. The van der Waals surface area contributed by atoms with Gasteiger partial charge in [-0.25, -0.2) is 18.3 Å². The van der Waals surface area contributed by atoms with Crippen LogP contribution in [0.1, 0.15) is 40.3 Å². The first-order valence-corrected chi connectivity index (χ1v) is 12.4. The lowest BCUT2D eigenvalue weighted by Gasteiger charge is -2.24. The van der Waals surface area contributed by atoms with E-state index in [2.05, 4.69) is 15.7 Å². The number of nitrogens with one attached hydrogen (secondary N) is 2. The van der Waals surface area contributed by atoms with Gasteiger partial charge in [-0.1, -0.05) is 57.8 Å². The first-order chi connectivity index (χ1) is 17.2. The maximum absolute atomic E-state index is 13.6. The Balaban J connectivity index is 1.84. The molecule has 198 valence electrons. The van der Waals surface area contributed by atoms with Crippen LogP contribution in [0.2, 0.25) is 10.0 Å². The fraction of sp³-hybridized carbons (Fsp3) is 0.346. The molecule has 0 unspecified atom stereocenters. The summed E-state index contributed by atoms with van der Waals surface area (Å²) in [7, 11) is 0. The van der Waals surface area contributed by atoms with Crippen LogP contribution in [0.4, 0.5) is 25.1 Å². The van der Waals surface area contributed by atoms with Crippen molar-refractivity contribution in [1.82, 2.24) is 14.7 Å². The van der Waals surface area contributed by atoms with Gasteiger partial charge in [-0.15, -0.1) is 0 Å². The highest BCUT2D eigenvalue weighted by Crippen LogP contribution is 2.29. The lowest BCUT2D eigenvalue weighted by molar-refractivity contribution is -0.116. The minimum Gasteiger partial charge on any atom is -0.315 e. The molecule has 0 radical (unpaired) electrons. The molecule has 1 heterocycles. The number of nitrogens with zero attached hydrogens (tertiary/aromatic N) is 3. The van der Waals surface area contributed by atoms with Crippen LogP contribution in [0.25, 0.3) is 5.69 Å². The van der Waals surface area contributed by atoms with Crippen molar-refractivity contribution >= 4 is 46.6 Å². The molecule has 3 rings (SSSR count). The van der Waals surface area contributed by atoms with Gasteiger partial charge >= 0.3 is 6.03 Å². The van der Waals surface area contributed by atoms with Crippen LogP contribution in [0.15, 0.2) is 42.5 Å². The van der Waals surface area contributed by atoms with Gasteiger partial charge in [-0.2, -0.15) is 5.10 Å². The first-order valence-electron chi connectivity index (χ1n) is 11.6. The van der Waals surface area contributed by atoms with Gasteiger partial charge in [-0.05, 0) is 36.2 Å². The molecule has 0 aliphatic heterocycles. The second kappa shape index (κ2) is 11.5. The van der Waals surface area contributed by atoms with E-state index in [4.69, 9.17) is 23.2 Å². The van der Waals surface area contributed by atoms with Crippen molar-refractivity contribution in [3.8, 4) is 5.69 Å². The fourth-order valence-corrected chi connectivity index (χ4v) is 3.73. The summed E-state index contributed by atoms with van der Waals surface area (Å²) in [6.45, 7) is 9.73. The summed E-state index contributed by atoms with van der Waals surface area (Å²) in [4.78, 5) is 27.3. The maximum Gasteiger partial charge on any atom is 0.322 e. The molecule has 1 aromatic heterocycles. The Hall–Kier alpha value is -3.17. The number of hydrogen-bond acceptors (Lipinski definition) is 3. The number of rotatable bonds is 7. The van der Waals surface area contributed by atoms with E-state index in [-0.39, 0.29) is 30.1 Å². The SMILES string of the molecule is CC(C)CN(CC(=O)Nc1cc(C(C)(C)C)nn1-c1ccc(Cl)c(Cl)c1)C(=O)Nc1ccc(F)c(F)c1. The minimum atomic E-state index is -1.09. The number of amides is 3. The molecule has 0 bridgehead atoms. The molecule has 0 fully saturated rings. The van der Waals surface area contributed by atoms with Gasteiger partial charge in [0.25, 0.3) is 0 Å². The van der Waals surface area contributed by atoms with E-state index in [1.54, 1.807) is 28.9 Å². The van der Waals surface area contributed by atoms with Crippen molar-refractivity contribution in [3.63, 3.8) is 0 Å². The Morgan fingerprint density at radius 3 is 2.30 bits per heavy atom. The van der Waals surface area contributed by atoms with Gasteiger partial charge in [0.05, 0.1) is 21.4 Å². The molecule has 2 aromatic carbocycles. The molecule has 3 amide bonds. The predicted octanol–water partition coefficient (Wildman–Crippen LogP) is 6.88. The number of halogens is 4. The Bertz CT molecular complexity index is 1300. The van der Waals surface area contributed by atoms with E-state index >= 15 is 0 Å². The van der Waals surface area contributed by atoms with Crippen LogP contribution in [-0.2, 0) is 10.2 Å². The average Bonchev–Trinajstić information content (AvgIpc) is 3.21. The highest BCUT2D eigenvalue weighted by atomic mass is 35.5. The lowest BCUT2D eigenvalue weighted by Crippen LogP contribution is -2.42. The first kappa shape index (κ1) is 28.4. The van der Waals surface area contributed by atoms with Gasteiger partial charge in [0, 0.05) is 29.8 Å². The molecular formula is C26H29Cl2F2N5O2. The van der Waals surface area contributed by atoms with Crippen LogP contribution in [-0.4, -0.2) is 39.7 Å². The molecule has 0 aliphatic rings. The number of anilines is 2. The van der Waals surface area contributed by atoms with Gasteiger partial charge in [-0.3, -0.25) is 4.79 Å². The topological polar surface area (TPSA) is 79.3 Å². The van der Waals surface area contributed by atoms with Crippen LogP contribution in [0, 0.1) is 17.6 Å². The minimum absolute atomic E-state index is 0.0396. The van der Waals surface area contributed by atoms with Gasteiger partial charge in [0.1, 0.15) is 12.4 Å². The van der Waals surface area contributed by atoms with E-state index in [1.807, 2.05) is 34.6 Å². The molecular weight excluding hydrogens is 523 g/mol. The van der Waals surface area contributed by atoms with Crippen molar-refractivity contribution in [1.29, 1.82) is 0 Å². The zero-order valence-corrected chi connectivity index (χ0v) is 22.7. The molecule has 37 heavy (non-hydrogen) atoms. The standard InChI is InChI=1S/C26H29Cl2F2N5O2/c1-15(2)13-34(25(37)31-16-6-9-20(29)21(30)10-16)14-24(36)32-23-12-22(26(3,4)5)33-35(23)17-7-8-18(27)19(28)11-17/h6-12,15H,13-14H2,1-5H3,(H,31,37)(H,32,36). The summed E-state index contributed by atoms with van der Waals surface area (Å²) >= 11 is 12.3. The quantitative estimate of drug-likeness (QED) is 0.335. The van der Waals surface area contributed by atoms with E-state index in [1.165, 1.54) is 11.0 Å². The van der Waals surface area contributed by atoms with Crippen molar-refractivity contribution in [2.75, 3.05) is 23.7 Å². The van der Waals surface area contributed by atoms with Crippen LogP contribution < -0.4 is 10.6 Å². The highest BCUT2D eigenvalue weighted by Gasteiger charge is 2.24. The Labute approximate surface area is 224 Å². The smallest absolute Gasteiger partial charge is 0.315 e. The van der Waals surface area contributed by atoms with E-state index < -0.39 is 23.6 Å². The number of hydrogen-bond donors (Lipinski definition) is 2. The molecule has 0 spiro atoms. The number of carbonyl (C=O) groups excluding carboxylic acids is 2. The average molecular weight is 552 g/mol. The summed E-state index contributed by atoms with van der Waals surface area (Å²) in [5, 5.41) is 10.7. The molecule has 0 atom stereocenters. The second-order valence-electron chi connectivity index (χ2n) is 10.1. The van der Waals surface area contributed by atoms with E-state index in [9.17, 15) is 18.4 Å². The third-order valence-corrected chi connectivity index (χ3v) is 6.01. The molecule has 3 aromatic rings. The normalized spacial score (nSPS) is 11.5. The van der Waals surface area contributed by atoms with Crippen LogP contribution in [0.3, 0.4) is 0 Å². The third kappa shape index (κ3) is 7.42. The molecule has 0 aliphatic carbocycles.